The number of hydrogen-bond donors (Lipinski definition) is 0. The maximum absolute atomic E-state index is 12.7. The number of rotatable bonds is 3. The standard InChI is InChI=1S/C18H20N2O4/c1-12-5-7-15(23-12)18(21)20-10-11-22-17-13(20)6-8-14(17)24-16-4-2-3-9-19-16/h2-5,7,9,13-14,17H,6,8,10-11H2,1H3/t13-,14+,17+/m0/s1. The zero-order valence-corrected chi connectivity index (χ0v) is 13.6. The molecule has 3 atom stereocenters. The van der Waals surface area contributed by atoms with Crippen LogP contribution in [0.15, 0.2) is 40.9 Å². The van der Waals surface area contributed by atoms with Gasteiger partial charge in [-0.2, -0.15) is 0 Å². The van der Waals surface area contributed by atoms with E-state index in [4.69, 9.17) is 13.9 Å². The number of amides is 1. The number of aryl methyl sites for hydroxylation is 1. The van der Waals surface area contributed by atoms with Crippen LogP contribution in [0, 0.1) is 6.92 Å². The fraction of sp³-hybridized carbons (Fsp3) is 0.444. The Bertz CT molecular complexity index is 715. The van der Waals surface area contributed by atoms with Gasteiger partial charge >= 0.3 is 0 Å². The van der Waals surface area contributed by atoms with E-state index in [1.54, 1.807) is 12.3 Å². The second-order valence-electron chi connectivity index (χ2n) is 6.21. The Morgan fingerprint density at radius 2 is 2.21 bits per heavy atom. The number of carbonyl (C=O) groups excluding carboxylic acids is 1. The Labute approximate surface area is 140 Å². The molecular weight excluding hydrogens is 308 g/mol. The Kier molecular flexibility index (Phi) is 3.98. The van der Waals surface area contributed by atoms with Crippen molar-refractivity contribution in [3.05, 3.63) is 48.0 Å². The Morgan fingerprint density at radius 1 is 1.29 bits per heavy atom. The molecule has 2 fully saturated rings. The summed E-state index contributed by atoms with van der Waals surface area (Å²) in [6, 6.07) is 9.15. The number of pyridine rings is 1. The monoisotopic (exact) mass is 328 g/mol. The van der Waals surface area contributed by atoms with Gasteiger partial charge in [-0.05, 0) is 38.0 Å². The van der Waals surface area contributed by atoms with E-state index in [2.05, 4.69) is 4.98 Å². The smallest absolute Gasteiger partial charge is 0.289 e. The summed E-state index contributed by atoms with van der Waals surface area (Å²) in [5, 5.41) is 0. The molecule has 4 rings (SSSR count). The summed E-state index contributed by atoms with van der Waals surface area (Å²) in [5.74, 6) is 1.66. The van der Waals surface area contributed by atoms with Crippen molar-refractivity contribution < 1.29 is 18.7 Å². The molecule has 3 heterocycles. The number of carbonyl (C=O) groups is 1. The predicted octanol–water partition coefficient (Wildman–Crippen LogP) is 2.43. The van der Waals surface area contributed by atoms with Crippen LogP contribution in [0.2, 0.25) is 0 Å². The normalized spacial score (nSPS) is 26.2. The summed E-state index contributed by atoms with van der Waals surface area (Å²) >= 11 is 0. The number of nitrogens with zero attached hydrogens (tertiary/aromatic N) is 2. The first-order chi connectivity index (χ1) is 11.7. The average Bonchev–Trinajstić information content (AvgIpc) is 3.22. The molecule has 0 bridgehead atoms. The number of morpholine rings is 1. The molecule has 1 amide bonds. The lowest BCUT2D eigenvalue weighted by Crippen LogP contribution is -2.54. The van der Waals surface area contributed by atoms with Crippen molar-refractivity contribution in [1.29, 1.82) is 0 Å². The minimum atomic E-state index is -0.124. The average molecular weight is 328 g/mol. The zero-order chi connectivity index (χ0) is 16.5. The van der Waals surface area contributed by atoms with Crippen LogP contribution in [0.4, 0.5) is 0 Å². The molecule has 24 heavy (non-hydrogen) atoms. The molecule has 1 aliphatic carbocycles. The number of hydrogen-bond acceptors (Lipinski definition) is 5. The summed E-state index contributed by atoms with van der Waals surface area (Å²) in [6.07, 6.45) is 3.19. The zero-order valence-electron chi connectivity index (χ0n) is 13.6. The van der Waals surface area contributed by atoms with E-state index < -0.39 is 0 Å². The molecule has 0 spiro atoms. The molecule has 1 saturated heterocycles. The van der Waals surface area contributed by atoms with Gasteiger partial charge in [0.15, 0.2) is 5.76 Å². The Hall–Kier alpha value is -2.34. The van der Waals surface area contributed by atoms with Crippen LogP contribution in [0.3, 0.4) is 0 Å². The van der Waals surface area contributed by atoms with E-state index in [-0.39, 0.29) is 24.2 Å². The molecule has 2 aromatic rings. The van der Waals surface area contributed by atoms with Crippen LogP contribution in [0.1, 0.15) is 29.2 Å². The third-order valence-corrected chi connectivity index (χ3v) is 4.66. The van der Waals surface area contributed by atoms with Crippen molar-refractivity contribution in [2.45, 2.75) is 38.0 Å². The third kappa shape index (κ3) is 2.78. The maximum Gasteiger partial charge on any atom is 0.289 e. The van der Waals surface area contributed by atoms with E-state index >= 15 is 0 Å². The van der Waals surface area contributed by atoms with Gasteiger partial charge in [0.2, 0.25) is 5.88 Å². The molecule has 2 aromatic heterocycles. The highest BCUT2D eigenvalue weighted by atomic mass is 16.5. The van der Waals surface area contributed by atoms with E-state index in [9.17, 15) is 4.79 Å². The van der Waals surface area contributed by atoms with Gasteiger partial charge in [-0.3, -0.25) is 4.79 Å². The summed E-state index contributed by atoms with van der Waals surface area (Å²) in [7, 11) is 0. The second kappa shape index (κ2) is 6.28. The molecule has 1 aliphatic heterocycles. The largest absolute Gasteiger partial charge is 0.471 e. The van der Waals surface area contributed by atoms with Crippen LogP contribution in [-0.4, -0.2) is 47.2 Å². The van der Waals surface area contributed by atoms with Gasteiger partial charge in [0.05, 0.1) is 12.6 Å². The van der Waals surface area contributed by atoms with Crippen LogP contribution >= 0.6 is 0 Å². The van der Waals surface area contributed by atoms with Crippen LogP contribution in [0.5, 0.6) is 5.88 Å². The number of aromatic nitrogens is 1. The quantitative estimate of drug-likeness (QED) is 0.866. The van der Waals surface area contributed by atoms with Crippen molar-refractivity contribution in [3.63, 3.8) is 0 Å². The predicted molar refractivity (Wildman–Crippen MR) is 85.9 cm³/mol. The fourth-order valence-corrected chi connectivity index (χ4v) is 3.56. The van der Waals surface area contributed by atoms with E-state index in [0.717, 1.165) is 18.6 Å². The van der Waals surface area contributed by atoms with Gasteiger partial charge < -0.3 is 18.8 Å². The molecule has 0 unspecified atom stereocenters. The van der Waals surface area contributed by atoms with Crippen molar-refractivity contribution in [1.82, 2.24) is 9.88 Å². The van der Waals surface area contributed by atoms with E-state index in [0.29, 0.717) is 24.8 Å². The molecule has 6 nitrogen and oxygen atoms in total. The molecule has 126 valence electrons. The Balaban J connectivity index is 1.49. The summed E-state index contributed by atoms with van der Waals surface area (Å²) in [4.78, 5) is 18.8. The van der Waals surface area contributed by atoms with Crippen LogP contribution in [-0.2, 0) is 4.74 Å². The maximum atomic E-state index is 12.7. The second-order valence-corrected chi connectivity index (χ2v) is 6.21. The highest BCUT2D eigenvalue weighted by Crippen LogP contribution is 2.33. The van der Waals surface area contributed by atoms with E-state index in [1.807, 2.05) is 36.1 Å². The van der Waals surface area contributed by atoms with Crippen LogP contribution < -0.4 is 4.74 Å². The molecular formula is C18H20N2O4. The minimum Gasteiger partial charge on any atom is -0.471 e. The van der Waals surface area contributed by atoms with Gasteiger partial charge in [0, 0.05) is 18.8 Å². The highest BCUT2D eigenvalue weighted by molar-refractivity contribution is 5.92. The van der Waals surface area contributed by atoms with Gasteiger partial charge in [-0.25, -0.2) is 4.98 Å². The van der Waals surface area contributed by atoms with Crippen molar-refractivity contribution >= 4 is 5.91 Å². The first-order valence-electron chi connectivity index (χ1n) is 8.29. The molecule has 1 saturated carbocycles. The SMILES string of the molecule is Cc1ccc(C(=O)N2CCO[C@H]3[C@H](Oc4ccccn4)CC[C@@H]32)o1. The molecule has 2 aliphatic rings. The molecule has 6 heteroatoms. The van der Waals surface area contributed by atoms with Gasteiger partial charge in [-0.15, -0.1) is 0 Å². The van der Waals surface area contributed by atoms with Crippen molar-refractivity contribution in [3.8, 4) is 5.88 Å². The highest BCUT2D eigenvalue weighted by Gasteiger charge is 2.46. The first-order valence-corrected chi connectivity index (χ1v) is 8.29. The van der Waals surface area contributed by atoms with Gasteiger partial charge in [0.25, 0.3) is 5.91 Å². The fourth-order valence-electron chi connectivity index (χ4n) is 3.56. The lowest BCUT2D eigenvalue weighted by atomic mass is 10.1. The number of fused-ring (bicyclic) bond motifs is 1. The third-order valence-electron chi connectivity index (χ3n) is 4.66. The topological polar surface area (TPSA) is 64.8 Å². The summed E-state index contributed by atoms with van der Waals surface area (Å²) in [5.41, 5.74) is 0. The molecule has 0 aromatic carbocycles. The molecule has 0 radical (unpaired) electrons. The lowest BCUT2D eigenvalue weighted by Gasteiger charge is -2.38. The van der Waals surface area contributed by atoms with Crippen LogP contribution in [0.25, 0.3) is 0 Å². The van der Waals surface area contributed by atoms with Crippen molar-refractivity contribution in [2.75, 3.05) is 13.2 Å². The summed E-state index contributed by atoms with van der Waals surface area (Å²) < 4.78 is 17.4. The summed E-state index contributed by atoms with van der Waals surface area (Å²) in [6.45, 7) is 2.93. The minimum absolute atomic E-state index is 0.0189. The number of furan rings is 1. The Morgan fingerprint density at radius 3 is 2.96 bits per heavy atom. The molecule has 0 N–H and O–H groups in total. The first kappa shape index (κ1) is 15.2. The van der Waals surface area contributed by atoms with E-state index in [1.165, 1.54) is 0 Å². The van der Waals surface area contributed by atoms with Gasteiger partial charge in [-0.1, -0.05) is 6.07 Å². The lowest BCUT2D eigenvalue weighted by molar-refractivity contribution is -0.0798. The van der Waals surface area contributed by atoms with Gasteiger partial charge in [0.1, 0.15) is 18.0 Å². The van der Waals surface area contributed by atoms with Crippen molar-refractivity contribution in [2.24, 2.45) is 0 Å². The number of ether oxygens (including phenoxy) is 2.